The number of likely N-dealkylation sites (tertiary alicyclic amines) is 1. The van der Waals surface area contributed by atoms with Gasteiger partial charge in [0.2, 0.25) is 0 Å². The highest BCUT2D eigenvalue weighted by Gasteiger charge is 2.30. The molecule has 1 aromatic rings. The minimum atomic E-state index is -0.715. The molecule has 0 aromatic heterocycles. The van der Waals surface area contributed by atoms with Gasteiger partial charge in [-0.15, -0.1) is 24.0 Å². The van der Waals surface area contributed by atoms with E-state index in [2.05, 4.69) is 36.0 Å². The Kier molecular flexibility index (Phi) is 8.95. The average molecular weight is 477 g/mol. The van der Waals surface area contributed by atoms with Crippen LogP contribution in [-0.2, 0) is 0 Å². The van der Waals surface area contributed by atoms with Gasteiger partial charge in [0.05, 0.1) is 26.9 Å². The van der Waals surface area contributed by atoms with Crippen molar-refractivity contribution in [3.05, 3.63) is 23.8 Å². The minimum absolute atomic E-state index is 0. The molecule has 2 N–H and O–H groups in total. The standard InChI is InChI=1S/C19H31N3O3.HI/c1-6-20-18(22-8-7-19(2,3)13-22)21-12-17(23)14-9-15(24-4)11-16(10-14)25-5;/h9-11,17,23H,6-8,12-13H2,1-5H3,(H,20,21);1H. The molecule has 1 aromatic carbocycles. The van der Waals surface area contributed by atoms with Gasteiger partial charge in [0.25, 0.3) is 0 Å². The molecule has 1 fully saturated rings. The van der Waals surface area contributed by atoms with Gasteiger partial charge in [0.1, 0.15) is 11.5 Å². The molecule has 2 rings (SSSR count). The zero-order chi connectivity index (χ0) is 18.4. The lowest BCUT2D eigenvalue weighted by Crippen LogP contribution is -2.41. The first-order chi connectivity index (χ1) is 11.9. The van der Waals surface area contributed by atoms with Crippen molar-refractivity contribution < 1.29 is 14.6 Å². The molecule has 1 unspecified atom stereocenters. The average Bonchev–Trinajstić information content (AvgIpc) is 2.97. The fourth-order valence-corrected chi connectivity index (χ4v) is 3.02. The van der Waals surface area contributed by atoms with E-state index in [4.69, 9.17) is 9.47 Å². The molecular weight excluding hydrogens is 445 g/mol. The number of benzene rings is 1. The molecule has 7 heteroatoms. The van der Waals surface area contributed by atoms with Crippen molar-refractivity contribution in [3.63, 3.8) is 0 Å². The molecule has 1 aliphatic heterocycles. The first kappa shape index (κ1) is 22.8. The lowest BCUT2D eigenvalue weighted by molar-refractivity contribution is 0.185. The Morgan fingerprint density at radius 1 is 1.27 bits per heavy atom. The van der Waals surface area contributed by atoms with Gasteiger partial charge in [-0.05, 0) is 36.5 Å². The predicted molar refractivity (Wildman–Crippen MR) is 116 cm³/mol. The second-order valence-corrected chi connectivity index (χ2v) is 7.19. The van der Waals surface area contributed by atoms with Crippen LogP contribution in [0, 0.1) is 5.41 Å². The van der Waals surface area contributed by atoms with Crippen LogP contribution in [-0.4, -0.2) is 56.4 Å². The van der Waals surface area contributed by atoms with Crippen LogP contribution >= 0.6 is 24.0 Å². The van der Waals surface area contributed by atoms with Gasteiger partial charge in [-0.25, -0.2) is 0 Å². The van der Waals surface area contributed by atoms with Crippen LogP contribution < -0.4 is 14.8 Å². The molecule has 1 aliphatic rings. The summed E-state index contributed by atoms with van der Waals surface area (Å²) in [6, 6.07) is 5.42. The number of aliphatic hydroxyl groups excluding tert-OH is 1. The van der Waals surface area contributed by atoms with Crippen LogP contribution in [0.5, 0.6) is 11.5 Å². The smallest absolute Gasteiger partial charge is 0.194 e. The zero-order valence-electron chi connectivity index (χ0n) is 16.4. The molecule has 1 atom stereocenters. The largest absolute Gasteiger partial charge is 0.497 e. The first-order valence-electron chi connectivity index (χ1n) is 8.83. The summed E-state index contributed by atoms with van der Waals surface area (Å²) in [6.07, 6.45) is 0.431. The van der Waals surface area contributed by atoms with Crippen LogP contribution in [0.1, 0.15) is 38.9 Å². The maximum absolute atomic E-state index is 10.6. The van der Waals surface area contributed by atoms with Crippen molar-refractivity contribution in [3.8, 4) is 11.5 Å². The van der Waals surface area contributed by atoms with Gasteiger partial charge in [-0.2, -0.15) is 0 Å². The molecule has 0 aliphatic carbocycles. The molecule has 0 amide bonds. The van der Waals surface area contributed by atoms with Crippen LogP contribution in [0.25, 0.3) is 0 Å². The number of guanidine groups is 1. The van der Waals surface area contributed by atoms with E-state index in [-0.39, 0.29) is 30.5 Å². The summed E-state index contributed by atoms with van der Waals surface area (Å²) in [5.41, 5.74) is 1.03. The maximum Gasteiger partial charge on any atom is 0.194 e. The maximum atomic E-state index is 10.6. The molecule has 148 valence electrons. The summed E-state index contributed by atoms with van der Waals surface area (Å²) in [4.78, 5) is 6.91. The zero-order valence-corrected chi connectivity index (χ0v) is 18.7. The van der Waals surface area contributed by atoms with Crippen LogP contribution in [0.4, 0.5) is 0 Å². The van der Waals surface area contributed by atoms with Crippen molar-refractivity contribution in [2.45, 2.75) is 33.3 Å². The third kappa shape index (κ3) is 6.19. The van der Waals surface area contributed by atoms with Crippen molar-refractivity contribution in [2.75, 3.05) is 40.4 Å². The predicted octanol–water partition coefficient (Wildman–Crippen LogP) is 3.05. The Hall–Kier alpha value is -1.22. The van der Waals surface area contributed by atoms with E-state index in [1.165, 1.54) is 0 Å². The van der Waals surface area contributed by atoms with Crippen LogP contribution in [0.15, 0.2) is 23.2 Å². The topological polar surface area (TPSA) is 66.3 Å². The number of rotatable bonds is 6. The number of aliphatic imine (C=N–C) groups is 1. The van der Waals surface area contributed by atoms with Gasteiger partial charge in [0.15, 0.2) is 5.96 Å². The van der Waals surface area contributed by atoms with E-state index in [0.29, 0.717) is 16.9 Å². The second-order valence-electron chi connectivity index (χ2n) is 7.19. The summed E-state index contributed by atoms with van der Waals surface area (Å²) < 4.78 is 10.5. The highest BCUT2D eigenvalue weighted by Crippen LogP contribution is 2.29. The number of hydrogen-bond donors (Lipinski definition) is 2. The van der Waals surface area contributed by atoms with Crippen LogP contribution in [0.3, 0.4) is 0 Å². The first-order valence-corrected chi connectivity index (χ1v) is 8.83. The summed E-state index contributed by atoms with van der Waals surface area (Å²) in [7, 11) is 3.20. The lowest BCUT2D eigenvalue weighted by atomic mass is 9.93. The number of hydrogen-bond acceptors (Lipinski definition) is 4. The van der Waals surface area contributed by atoms with Gasteiger partial charge >= 0.3 is 0 Å². The van der Waals surface area contributed by atoms with Crippen molar-refractivity contribution >= 4 is 29.9 Å². The fourth-order valence-electron chi connectivity index (χ4n) is 3.02. The molecule has 0 spiro atoms. The van der Waals surface area contributed by atoms with Crippen molar-refractivity contribution in [2.24, 2.45) is 10.4 Å². The van der Waals surface area contributed by atoms with E-state index in [9.17, 15) is 5.11 Å². The Morgan fingerprint density at radius 3 is 2.35 bits per heavy atom. The van der Waals surface area contributed by atoms with E-state index in [1.807, 2.05) is 12.1 Å². The van der Waals surface area contributed by atoms with Gasteiger partial charge < -0.3 is 24.8 Å². The van der Waals surface area contributed by atoms with Crippen LogP contribution in [0.2, 0.25) is 0 Å². The Balaban J connectivity index is 0.00000338. The summed E-state index contributed by atoms with van der Waals surface area (Å²) in [5.74, 6) is 2.18. The monoisotopic (exact) mass is 477 g/mol. The van der Waals surface area contributed by atoms with Gasteiger partial charge in [-0.1, -0.05) is 13.8 Å². The number of methoxy groups -OCH3 is 2. The number of nitrogens with zero attached hydrogens (tertiary/aromatic N) is 2. The highest BCUT2D eigenvalue weighted by atomic mass is 127. The number of nitrogens with one attached hydrogen (secondary N) is 1. The third-order valence-corrected chi connectivity index (χ3v) is 4.48. The minimum Gasteiger partial charge on any atom is -0.497 e. The van der Waals surface area contributed by atoms with E-state index in [1.54, 1.807) is 20.3 Å². The van der Waals surface area contributed by atoms with E-state index < -0.39 is 6.10 Å². The Bertz CT molecular complexity index is 585. The van der Waals surface area contributed by atoms with E-state index >= 15 is 0 Å². The Morgan fingerprint density at radius 2 is 1.88 bits per heavy atom. The molecule has 1 saturated heterocycles. The van der Waals surface area contributed by atoms with Crippen molar-refractivity contribution in [1.82, 2.24) is 10.2 Å². The van der Waals surface area contributed by atoms with E-state index in [0.717, 1.165) is 37.6 Å². The molecule has 1 heterocycles. The highest BCUT2D eigenvalue weighted by molar-refractivity contribution is 14.0. The van der Waals surface area contributed by atoms with Crippen molar-refractivity contribution in [1.29, 1.82) is 0 Å². The molecule has 0 radical (unpaired) electrons. The molecule has 0 saturated carbocycles. The molecular formula is C19H32IN3O3. The Labute approximate surface area is 174 Å². The quantitative estimate of drug-likeness (QED) is 0.375. The molecule has 0 bridgehead atoms. The molecule has 26 heavy (non-hydrogen) atoms. The number of halogens is 1. The van der Waals surface area contributed by atoms with Gasteiger partial charge in [0, 0.05) is 25.7 Å². The van der Waals surface area contributed by atoms with Gasteiger partial charge in [-0.3, -0.25) is 4.99 Å². The summed E-state index contributed by atoms with van der Waals surface area (Å²) >= 11 is 0. The normalized spacial score (nSPS) is 17.5. The number of ether oxygens (including phenoxy) is 2. The SMILES string of the molecule is CCNC(=NCC(O)c1cc(OC)cc(OC)c1)N1CCC(C)(C)C1.I. The second kappa shape index (κ2) is 10.2. The third-order valence-electron chi connectivity index (χ3n) is 4.48. The summed E-state index contributed by atoms with van der Waals surface area (Å²) in [5, 5.41) is 13.9. The molecule has 6 nitrogen and oxygen atoms in total. The summed E-state index contributed by atoms with van der Waals surface area (Å²) in [6.45, 7) is 9.65. The lowest BCUT2D eigenvalue weighted by Gasteiger charge is -2.24. The fraction of sp³-hybridized carbons (Fsp3) is 0.632. The number of aliphatic hydroxyl groups is 1.